The lowest BCUT2D eigenvalue weighted by Gasteiger charge is -2.01. The lowest BCUT2D eigenvalue weighted by atomic mass is 10.2. The molecule has 1 heterocycles. The molecule has 2 rings (SSSR count). The van der Waals surface area contributed by atoms with Crippen LogP contribution < -0.4 is 0 Å². The van der Waals surface area contributed by atoms with Gasteiger partial charge in [-0.25, -0.2) is 9.48 Å². The van der Waals surface area contributed by atoms with Crippen molar-refractivity contribution < 1.29 is 9.90 Å². The topological polar surface area (TPSA) is 68.0 Å². The van der Waals surface area contributed by atoms with Crippen molar-refractivity contribution in [1.29, 1.82) is 0 Å². The Labute approximate surface area is 96.6 Å². The van der Waals surface area contributed by atoms with Gasteiger partial charge in [0.05, 0.1) is 16.1 Å². The van der Waals surface area contributed by atoms with Crippen LogP contribution in [0.15, 0.2) is 12.1 Å². The molecular formula is C10H10ClN3O2. The number of aryl methyl sites for hydroxylation is 1. The summed E-state index contributed by atoms with van der Waals surface area (Å²) >= 11 is 5.88. The highest BCUT2D eigenvalue weighted by Gasteiger charge is 2.13. The SMILES string of the molecule is CCCn1nnc2cc(C(=O)O)c(Cl)cc21. The van der Waals surface area contributed by atoms with Crippen molar-refractivity contribution in [2.24, 2.45) is 0 Å². The summed E-state index contributed by atoms with van der Waals surface area (Å²) in [6.07, 6.45) is 0.927. The summed E-state index contributed by atoms with van der Waals surface area (Å²) in [5.74, 6) is -1.06. The molecule has 0 aliphatic heterocycles. The van der Waals surface area contributed by atoms with E-state index in [1.54, 1.807) is 10.7 Å². The van der Waals surface area contributed by atoms with Crippen molar-refractivity contribution in [3.8, 4) is 0 Å². The van der Waals surface area contributed by atoms with Crippen LogP contribution >= 0.6 is 11.6 Å². The Morgan fingerprint density at radius 3 is 2.94 bits per heavy atom. The molecule has 0 atom stereocenters. The van der Waals surface area contributed by atoms with Crippen LogP contribution in [0.1, 0.15) is 23.7 Å². The molecule has 16 heavy (non-hydrogen) atoms. The Morgan fingerprint density at radius 1 is 1.56 bits per heavy atom. The number of hydrogen-bond acceptors (Lipinski definition) is 3. The number of fused-ring (bicyclic) bond motifs is 1. The standard InChI is InChI=1S/C10H10ClN3O2/c1-2-3-14-9-5-7(11)6(10(15)16)4-8(9)12-13-14/h4-5H,2-3H2,1H3,(H,15,16). The third-order valence-corrected chi connectivity index (χ3v) is 2.58. The van der Waals surface area contributed by atoms with Gasteiger partial charge in [0.25, 0.3) is 0 Å². The first-order valence-electron chi connectivity index (χ1n) is 4.89. The van der Waals surface area contributed by atoms with Crippen LogP contribution in [0.5, 0.6) is 0 Å². The summed E-state index contributed by atoms with van der Waals surface area (Å²) in [6, 6.07) is 3.04. The van der Waals surface area contributed by atoms with Crippen LogP contribution in [0.4, 0.5) is 0 Å². The van der Waals surface area contributed by atoms with Gasteiger partial charge in [0.2, 0.25) is 0 Å². The van der Waals surface area contributed by atoms with E-state index in [1.807, 2.05) is 6.92 Å². The van der Waals surface area contributed by atoms with E-state index >= 15 is 0 Å². The number of benzene rings is 1. The van der Waals surface area contributed by atoms with Crippen molar-refractivity contribution in [3.05, 3.63) is 22.7 Å². The molecule has 5 nitrogen and oxygen atoms in total. The molecular weight excluding hydrogens is 230 g/mol. The number of carboxylic acid groups (broad SMARTS) is 1. The minimum atomic E-state index is -1.06. The average molecular weight is 240 g/mol. The monoisotopic (exact) mass is 239 g/mol. The molecule has 0 bridgehead atoms. The first kappa shape index (κ1) is 10.9. The molecule has 0 saturated heterocycles. The molecule has 0 aliphatic rings. The normalized spacial score (nSPS) is 10.9. The van der Waals surface area contributed by atoms with Crippen molar-refractivity contribution in [1.82, 2.24) is 15.0 Å². The van der Waals surface area contributed by atoms with Crippen molar-refractivity contribution in [2.45, 2.75) is 19.9 Å². The summed E-state index contributed by atoms with van der Waals surface area (Å²) in [4.78, 5) is 10.9. The Bertz CT molecular complexity index is 550. The molecule has 1 N–H and O–H groups in total. The second-order valence-electron chi connectivity index (χ2n) is 3.44. The Kier molecular flexibility index (Phi) is 2.78. The van der Waals surface area contributed by atoms with Gasteiger partial charge in [-0.15, -0.1) is 5.10 Å². The van der Waals surface area contributed by atoms with E-state index in [0.717, 1.165) is 18.5 Å². The van der Waals surface area contributed by atoms with E-state index in [0.29, 0.717) is 5.52 Å². The molecule has 0 amide bonds. The third kappa shape index (κ3) is 1.74. The quantitative estimate of drug-likeness (QED) is 0.892. The summed E-state index contributed by atoms with van der Waals surface area (Å²) in [5.41, 5.74) is 1.37. The highest BCUT2D eigenvalue weighted by atomic mass is 35.5. The van der Waals surface area contributed by atoms with E-state index in [9.17, 15) is 4.79 Å². The highest BCUT2D eigenvalue weighted by molar-refractivity contribution is 6.34. The van der Waals surface area contributed by atoms with Gasteiger partial charge in [-0.1, -0.05) is 23.7 Å². The maximum atomic E-state index is 10.9. The zero-order valence-electron chi connectivity index (χ0n) is 8.64. The van der Waals surface area contributed by atoms with Crippen molar-refractivity contribution >= 4 is 28.6 Å². The molecule has 0 radical (unpaired) electrons. The molecule has 84 valence electrons. The van der Waals surface area contributed by atoms with Gasteiger partial charge in [-0.05, 0) is 18.6 Å². The first-order chi connectivity index (χ1) is 7.63. The largest absolute Gasteiger partial charge is 0.478 e. The van der Waals surface area contributed by atoms with Crippen LogP contribution in [0, 0.1) is 0 Å². The first-order valence-corrected chi connectivity index (χ1v) is 5.27. The number of aromatic nitrogens is 3. The summed E-state index contributed by atoms with van der Waals surface area (Å²) in [5, 5.41) is 17.0. The van der Waals surface area contributed by atoms with Crippen LogP contribution in [0.25, 0.3) is 11.0 Å². The number of carbonyl (C=O) groups is 1. The molecule has 0 fully saturated rings. The van der Waals surface area contributed by atoms with Crippen LogP contribution in [0.2, 0.25) is 5.02 Å². The molecule has 2 aromatic rings. The van der Waals surface area contributed by atoms with E-state index in [4.69, 9.17) is 16.7 Å². The lowest BCUT2D eigenvalue weighted by molar-refractivity contribution is 0.0697. The van der Waals surface area contributed by atoms with E-state index in [-0.39, 0.29) is 10.6 Å². The molecule has 0 unspecified atom stereocenters. The second kappa shape index (κ2) is 4.09. The van der Waals surface area contributed by atoms with Gasteiger partial charge >= 0.3 is 5.97 Å². The predicted molar refractivity (Wildman–Crippen MR) is 59.8 cm³/mol. The van der Waals surface area contributed by atoms with E-state index in [2.05, 4.69) is 10.3 Å². The summed E-state index contributed by atoms with van der Waals surface area (Å²) in [6.45, 7) is 2.76. The van der Waals surface area contributed by atoms with Crippen molar-refractivity contribution in [2.75, 3.05) is 0 Å². The smallest absolute Gasteiger partial charge is 0.337 e. The lowest BCUT2D eigenvalue weighted by Crippen LogP contribution is -2.00. The molecule has 0 saturated carbocycles. The molecule has 0 spiro atoms. The summed E-state index contributed by atoms with van der Waals surface area (Å²) in [7, 11) is 0. The van der Waals surface area contributed by atoms with Crippen LogP contribution in [-0.2, 0) is 6.54 Å². The zero-order chi connectivity index (χ0) is 11.7. The average Bonchev–Trinajstić information content (AvgIpc) is 2.60. The number of carboxylic acids is 1. The maximum Gasteiger partial charge on any atom is 0.337 e. The van der Waals surface area contributed by atoms with Gasteiger partial charge in [-0.2, -0.15) is 0 Å². The number of halogens is 1. The fourth-order valence-corrected chi connectivity index (χ4v) is 1.77. The molecule has 0 aliphatic carbocycles. The number of nitrogens with zero attached hydrogens (tertiary/aromatic N) is 3. The molecule has 1 aromatic heterocycles. The van der Waals surface area contributed by atoms with Crippen LogP contribution in [-0.4, -0.2) is 26.1 Å². The van der Waals surface area contributed by atoms with Gasteiger partial charge in [0.15, 0.2) is 0 Å². The third-order valence-electron chi connectivity index (χ3n) is 2.27. The fourth-order valence-electron chi connectivity index (χ4n) is 1.53. The van der Waals surface area contributed by atoms with Gasteiger partial charge in [0.1, 0.15) is 5.52 Å². The van der Waals surface area contributed by atoms with Gasteiger partial charge in [0, 0.05) is 6.54 Å². The predicted octanol–water partition coefficient (Wildman–Crippen LogP) is 2.19. The second-order valence-corrected chi connectivity index (χ2v) is 3.85. The number of rotatable bonds is 3. The van der Waals surface area contributed by atoms with E-state index < -0.39 is 5.97 Å². The van der Waals surface area contributed by atoms with Crippen molar-refractivity contribution in [3.63, 3.8) is 0 Å². The van der Waals surface area contributed by atoms with Gasteiger partial charge in [-0.3, -0.25) is 0 Å². The van der Waals surface area contributed by atoms with E-state index in [1.165, 1.54) is 6.07 Å². The maximum absolute atomic E-state index is 10.9. The van der Waals surface area contributed by atoms with Crippen LogP contribution in [0.3, 0.4) is 0 Å². The number of hydrogen-bond donors (Lipinski definition) is 1. The molecule has 6 heteroatoms. The highest BCUT2D eigenvalue weighted by Crippen LogP contribution is 2.22. The van der Waals surface area contributed by atoms with Gasteiger partial charge < -0.3 is 5.11 Å². The minimum absolute atomic E-state index is 0.0534. The molecule has 1 aromatic carbocycles. The summed E-state index contributed by atoms with van der Waals surface area (Å²) < 4.78 is 1.72. The zero-order valence-corrected chi connectivity index (χ0v) is 9.40. The Morgan fingerprint density at radius 2 is 2.31 bits per heavy atom. The minimum Gasteiger partial charge on any atom is -0.478 e. The number of aromatic carboxylic acids is 1. The fraction of sp³-hybridized carbons (Fsp3) is 0.300. The Balaban J connectivity index is 2.61. The Hall–Kier alpha value is -1.62.